The third kappa shape index (κ3) is 2.46. The second-order valence-electron chi connectivity index (χ2n) is 4.34. The molecule has 3 heterocycles. The lowest BCUT2D eigenvalue weighted by molar-refractivity contribution is -0.393. The van der Waals surface area contributed by atoms with Crippen molar-refractivity contribution in [2.45, 2.75) is 30.1 Å². The van der Waals surface area contributed by atoms with Crippen LogP contribution in [0.3, 0.4) is 0 Å². The van der Waals surface area contributed by atoms with Crippen LogP contribution in [-0.2, 0) is 13.0 Å². The van der Waals surface area contributed by atoms with Gasteiger partial charge in [-0.05, 0) is 30.2 Å². The van der Waals surface area contributed by atoms with Crippen LogP contribution in [0.5, 0.6) is 0 Å². The predicted molar refractivity (Wildman–Crippen MR) is 82.3 cm³/mol. The van der Waals surface area contributed by atoms with Gasteiger partial charge in [0.25, 0.3) is 4.96 Å². The van der Waals surface area contributed by atoms with E-state index in [1.54, 1.807) is 11.6 Å². The molecule has 0 bridgehead atoms. The molecule has 0 atom stereocenters. The van der Waals surface area contributed by atoms with Gasteiger partial charge in [0.2, 0.25) is 5.03 Å². The van der Waals surface area contributed by atoms with Gasteiger partial charge in [-0.3, -0.25) is 0 Å². The van der Waals surface area contributed by atoms with Gasteiger partial charge in [-0.2, -0.15) is 9.38 Å². The summed E-state index contributed by atoms with van der Waals surface area (Å²) < 4.78 is 3.37. The van der Waals surface area contributed by atoms with Crippen LogP contribution in [0, 0.1) is 10.1 Å². The van der Waals surface area contributed by atoms with Crippen molar-refractivity contribution in [1.82, 2.24) is 24.1 Å². The topological polar surface area (TPSA) is 117 Å². The van der Waals surface area contributed by atoms with Crippen molar-refractivity contribution in [3.8, 4) is 0 Å². The Hall–Kier alpha value is -1.98. The summed E-state index contributed by atoms with van der Waals surface area (Å²) in [4.78, 5) is 15.8. The molecule has 0 spiro atoms. The summed E-state index contributed by atoms with van der Waals surface area (Å²) in [5.41, 5.74) is 5.56. The highest BCUT2D eigenvalue weighted by atomic mass is 32.2. The average Bonchev–Trinajstić information content (AvgIpc) is 3.13. The number of imidazole rings is 1. The fourth-order valence-electron chi connectivity index (χ4n) is 2.10. The molecule has 0 aliphatic heterocycles. The number of aromatic nitrogens is 5. The van der Waals surface area contributed by atoms with Crippen molar-refractivity contribution >= 4 is 33.9 Å². The Morgan fingerprint density at radius 1 is 1.50 bits per heavy atom. The summed E-state index contributed by atoms with van der Waals surface area (Å²) in [6.07, 6.45) is 2.25. The average molecular weight is 339 g/mol. The first-order valence-electron chi connectivity index (χ1n) is 6.55. The smallest absolute Gasteiger partial charge is 0.358 e. The molecular formula is C11H13N7O2S2. The van der Waals surface area contributed by atoms with E-state index in [0.29, 0.717) is 34.7 Å². The van der Waals surface area contributed by atoms with Crippen LogP contribution in [0.1, 0.15) is 12.7 Å². The van der Waals surface area contributed by atoms with Gasteiger partial charge in [0.05, 0.1) is 0 Å². The zero-order valence-electron chi connectivity index (χ0n) is 11.7. The van der Waals surface area contributed by atoms with Crippen LogP contribution >= 0.6 is 23.1 Å². The van der Waals surface area contributed by atoms with Crippen LogP contribution in [0.2, 0.25) is 0 Å². The van der Waals surface area contributed by atoms with Crippen LogP contribution in [0.4, 0.5) is 5.82 Å². The fraction of sp³-hybridized carbons (Fsp3) is 0.364. The largest absolute Gasteiger partial charge is 0.363 e. The first-order chi connectivity index (χ1) is 10.7. The van der Waals surface area contributed by atoms with E-state index >= 15 is 0 Å². The maximum absolute atomic E-state index is 11.3. The van der Waals surface area contributed by atoms with E-state index in [0.717, 1.165) is 17.6 Å². The van der Waals surface area contributed by atoms with E-state index in [-0.39, 0.29) is 5.82 Å². The highest BCUT2D eigenvalue weighted by Crippen LogP contribution is 2.35. The summed E-state index contributed by atoms with van der Waals surface area (Å²) in [5.74, 6) is 0.725. The van der Waals surface area contributed by atoms with E-state index < -0.39 is 4.92 Å². The number of fused-ring (bicyclic) bond motifs is 1. The molecule has 116 valence electrons. The Balaban J connectivity index is 2.01. The normalized spacial score (nSPS) is 11.4. The standard InChI is InChI=1S/C11H13N7O2S2/c1-2-16-7(3-4-12)14-15-11(16)22-8-9(18(19)20)17-5-6-21-10(17)13-8/h5-6H,2-4,12H2,1H3. The predicted octanol–water partition coefficient (Wildman–Crippen LogP) is 1.57. The summed E-state index contributed by atoms with van der Waals surface area (Å²) >= 11 is 2.50. The van der Waals surface area contributed by atoms with Gasteiger partial charge >= 0.3 is 5.82 Å². The maximum Gasteiger partial charge on any atom is 0.363 e. The van der Waals surface area contributed by atoms with Crippen molar-refractivity contribution in [3.63, 3.8) is 0 Å². The molecule has 3 aromatic rings. The molecule has 11 heteroatoms. The Morgan fingerprint density at radius 3 is 3.00 bits per heavy atom. The second kappa shape index (κ2) is 6.02. The Morgan fingerprint density at radius 2 is 2.32 bits per heavy atom. The highest BCUT2D eigenvalue weighted by molar-refractivity contribution is 7.99. The van der Waals surface area contributed by atoms with E-state index in [1.807, 2.05) is 11.5 Å². The summed E-state index contributed by atoms with van der Waals surface area (Å²) in [6.45, 7) is 3.11. The number of nitro groups is 1. The zero-order chi connectivity index (χ0) is 15.7. The number of nitrogens with two attached hydrogens (primary N) is 1. The quantitative estimate of drug-likeness (QED) is 0.535. The van der Waals surface area contributed by atoms with E-state index in [9.17, 15) is 10.1 Å². The van der Waals surface area contributed by atoms with Crippen molar-refractivity contribution < 1.29 is 4.92 Å². The lowest BCUT2D eigenvalue weighted by atomic mass is 10.4. The second-order valence-corrected chi connectivity index (χ2v) is 6.17. The molecule has 9 nitrogen and oxygen atoms in total. The van der Waals surface area contributed by atoms with Gasteiger partial charge in [0.1, 0.15) is 12.0 Å². The summed E-state index contributed by atoms with van der Waals surface area (Å²) in [7, 11) is 0. The molecule has 0 aliphatic carbocycles. The first kappa shape index (κ1) is 14.9. The van der Waals surface area contributed by atoms with E-state index in [2.05, 4.69) is 15.2 Å². The van der Waals surface area contributed by atoms with Crippen molar-refractivity contribution in [2.75, 3.05) is 6.54 Å². The molecule has 22 heavy (non-hydrogen) atoms. The lowest BCUT2D eigenvalue weighted by Gasteiger charge is -2.05. The molecular weight excluding hydrogens is 326 g/mol. The fourth-order valence-corrected chi connectivity index (χ4v) is 3.86. The van der Waals surface area contributed by atoms with Crippen LogP contribution < -0.4 is 5.73 Å². The van der Waals surface area contributed by atoms with Crippen molar-refractivity contribution in [1.29, 1.82) is 0 Å². The molecule has 3 rings (SSSR count). The van der Waals surface area contributed by atoms with E-state index in [4.69, 9.17) is 5.73 Å². The van der Waals surface area contributed by atoms with Crippen molar-refractivity contribution in [2.24, 2.45) is 5.73 Å². The van der Waals surface area contributed by atoms with Gasteiger partial charge in [-0.25, -0.2) is 0 Å². The van der Waals surface area contributed by atoms with Gasteiger partial charge < -0.3 is 20.4 Å². The third-order valence-corrected chi connectivity index (χ3v) is 4.75. The number of hydrogen-bond donors (Lipinski definition) is 1. The lowest BCUT2D eigenvalue weighted by Crippen LogP contribution is -2.10. The first-order valence-corrected chi connectivity index (χ1v) is 8.25. The number of thiazole rings is 1. The van der Waals surface area contributed by atoms with Gasteiger partial charge in [-0.1, -0.05) is 11.3 Å². The number of nitrogens with zero attached hydrogens (tertiary/aromatic N) is 6. The van der Waals surface area contributed by atoms with Crippen molar-refractivity contribution in [3.05, 3.63) is 27.5 Å². The third-order valence-electron chi connectivity index (χ3n) is 3.04. The highest BCUT2D eigenvalue weighted by Gasteiger charge is 2.26. The minimum absolute atomic E-state index is 0.0488. The molecule has 2 N–H and O–H groups in total. The minimum Gasteiger partial charge on any atom is -0.358 e. The molecule has 0 aliphatic rings. The Labute approximate surface area is 133 Å². The van der Waals surface area contributed by atoms with Gasteiger partial charge in [0, 0.05) is 18.3 Å². The zero-order valence-corrected chi connectivity index (χ0v) is 13.3. The minimum atomic E-state index is -0.428. The van der Waals surface area contributed by atoms with Gasteiger partial charge in [-0.15, -0.1) is 10.2 Å². The van der Waals surface area contributed by atoms with Crippen LogP contribution in [0.25, 0.3) is 4.96 Å². The molecule has 0 saturated carbocycles. The molecule has 0 radical (unpaired) electrons. The molecule has 0 amide bonds. The van der Waals surface area contributed by atoms with Gasteiger partial charge in [0.15, 0.2) is 5.16 Å². The Bertz CT molecular complexity index is 822. The molecule has 3 aromatic heterocycles. The van der Waals surface area contributed by atoms with Crippen LogP contribution in [-0.4, -0.2) is 35.6 Å². The number of rotatable bonds is 6. The summed E-state index contributed by atoms with van der Waals surface area (Å²) in [6, 6.07) is 0. The monoisotopic (exact) mass is 339 g/mol. The summed E-state index contributed by atoms with van der Waals surface area (Å²) in [5, 5.41) is 22.2. The maximum atomic E-state index is 11.3. The SMILES string of the molecule is CCn1c(CCN)nnc1Sc1nc2sccn2c1[N+](=O)[O-]. The number of hydrogen-bond acceptors (Lipinski definition) is 8. The molecule has 0 saturated heterocycles. The van der Waals surface area contributed by atoms with Crippen LogP contribution in [0.15, 0.2) is 21.8 Å². The Kier molecular flexibility index (Phi) is 4.09. The molecule has 0 unspecified atom stereocenters. The molecule has 0 fully saturated rings. The van der Waals surface area contributed by atoms with E-state index in [1.165, 1.54) is 15.7 Å². The molecule has 0 aromatic carbocycles.